The molecule has 15 heteroatoms. The first-order chi connectivity index (χ1) is 19.0. The molecule has 4 rings (SSSR count). The van der Waals surface area contributed by atoms with E-state index in [-0.39, 0.29) is 43.0 Å². The molecule has 1 aliphatic heterocycles. The van der Waals surface area contributed by atoms with E-state index < -0.39 is 34.1 Å². The molecule has 214 valence electrons. The van der Waals surface area contributed by atoms with Crippen molar-refractivity contribution in [2.45, 2.75) is 23.8 Å². The number of sulfonamides is 1. The van der Waals surface area contributed by atoms with E-state index in [1.54, 1.807) is 29.2 Å². The molecule has 2 aromatic carbocycles. The summed E-state index contributed by atoms with van der Waals surface area (Å²) >= 11 is 0. The lowest BCUT2D eigenvalue weighted by molar-refractivity contribution is -0.274. The van der Waals surface area contributed by atoms with Gasteiger partial charge in [0, 0.05) is 32.2 Å². The summed E-state index contributed by atoms with van der Waals surface area (Å²) in [7, 11) is -1.24. The average molecular weight is 582 g/mol. The van der Waals surface area contributed by atoms with Crippen LogP contribution in [0.1, 0.15) is 5.56 Å². The number of nitrogens with one attached hydrogen (secondary N) is 1. The lowest BCUT2D eigenvalue weighted by Gasteiger charge is -2.40. The van der Waals surface area contributed by atoms with E-state index in [4.69, 9.17) is 9.47 Å². The first kappa shape index (κ1) is 28.9. The summed E-state index contributed by atoms with van der Waals surface area (Å²) in [6, 6.07) is 13.1. The Kier molecular flexibility index (Phi) is 8.64. The van der Waals surface area contributed by atoms with E-state index in [0.29, 0.717) is 11.4 Å². The molecule has 0 spiro atoms. The number of anilines is 1. The number of rotatable bonds is 9. The molecule has 0 saturated carbocycles. The van der Waals surface area contributed by atoms with Crippen molar-refractivity contribution >= 4 is 21.7 Å². The summed E-state index contributed by atoms with van der Waals surface area (Å²) in [4.78, 5) is 23.6. The Balaban J connectivity index is 1.57. The van der Waals surface area contributed by atoms with Crippen molar-refractivity contribution < 1.29 is 40.6 Å². The minimum absolute atomic E-state index is 0.0341. The van der Waals surface area contributed by atoms with Crippen LogP contribution in [-0.4, -0.2) is 74.9 Å². The fraction of sp³-hybridized carbons (Fsp3) is 0.320. The molecule has 1 unspecified atom stereocenters. The van der Waals surface area contributed by atoms with Gasteiger partial charge in [-0.1, -0.05) is 30.3 Å². The molecule has 0 bridgehead atoms. The number of piperazine rings is 1. The van der Waals surface area contributed by atoms with Crippen molar-refractivity contribution in [3.63, 3.8) is 0 Å². The average Bonchev–Trinajstić information content (AvgIpc) is 2.95. The molecule has 1 N–H and O–H groups in total. The van der Waals surface area contributed by atoms with Crippen molar-refractivity contribution in [3.8, 4) is 17.6 Å². The molecule has 1 saturated heterocycles. The van der Waals surface area contributed by atoms with Gasteiger partial charge >= 0.3 is 12.4 Å². The third-order valence-electron chi connectivity index (χ3n) is 5.99. The van der Waals surface area contributed by atoms with Gasteiger partial charge in [0.05, 0.1) is 19.1 Å². The zero-order valence-corrected chi connectivity index (χ0v) is 22.3. The fourth-order valence-corrected chi connectivity index (χ4v) is 5.66. The second kappa shape index (κ2) is 12.0. The number of carbonyl (C=O) groups is 1. The minimum atomic E-state index is -4.83. The summed E-state index contributed by atoms with van der Waals surface area (Å²) in [6.45, 7) is 0.0584. The number of hydrogen-bond acceptors (Lipinski definition) is 9. The quantitative estimate of drug-likeness (QED) is 0.406. The molecule has 3 aromatic rings. The summed E-state index contributed by atoms with van der Waals surface area (Å²) in [6.07, 6.45) is -4.83. The van der Waals surface area contributed by atoms with E-state index in [1.807, 2.05) is 0 Å². The Morgan fingerprint density at radius 2 is 1.73 bits per heavy atom. The number of halogens is 3. The van der Waals surface area contributed by atoms with Gasteiger partial charge in [0.25, 0.3) is 0 Å². The Hall–Kier alpha value is -4.11. The normalized spacial score (nSPS) is 16.3. The fourth-order valence-electron chi connectivity index (χ4n) is 4.07. The maximum absolute atomic E-state index is 13.5. The number of amides is 1. The van der Waals surface area contributed by atoms with Crippen molar-refractivity contribution in [2.24, 2.45) is 0 Å². The molecule has 1 aliphatic rings. The molecule has 1 amide bonds. The number of ether oxygens (including phenoxy) is 3. The van der Waals surface area contributed by atoms with E-state index in [2.05, 4.69) is 20.0 Å². The zero-order valence-electron chi connectivity index (χ0n) is 21.5. The Labute approximate surface area is 228 Å². The van der Waals surface area contributed by atoms with Crippen LogP contribution in [-0.2, 0) is 21.4 Å². The lowest BCUT2D eigenvalue weighted by Crippen LogP contribution is -2.60. The molecule has 1 aromatic heterocycles. The largest absolute Gasteiger partial charge is 0.573 e. The first-order valence-electron chi connectivity index (χ1n) is 11.9. The van der Waals surface area contributed by atoms with Crippen LogP contribution in [0.4, 0.5) is 19.0 Å². The van der Waals surface area contributed by atoms with Crippen LogP contribution in [0.2, 0.25) is 0 Å². The molecule has 40 heavy (non-hydrogen) atoms. The highest BCUT2D eigenvalue weighted by Crippen LogP contribution is 2.27. The van der Waals surface area contributed by atoms with Gasteiger partial charge in [-0.15, -0.1) is 13.2 Å². The van der Waals surface area contributed by atoms with Crippen LogP contribution in [0.15, 0.2) is 65.6 Å². The number of alkyl halides is 3. The summed E-state index contributed by atoms with van der Waals surface area (Å²) in [5.74, 6) is -0.409. The highest BCUT2D eigenvalue weighted by molar-refractivity contribution is 7.89. The van der Waals surface area contributed by atoms with Crippen LogP contribution in [0.5, 0.6) is 17.6 Å². The van der Waals surface area contributed by atoms with Crippen molar-refractivity contribution in [1.29, 1.82) is 0 Å². The topological polar surface area (TPSA) is 123 Å². The van der Waals surface area contributed by atoms with Crippen LogP contribution in [0.25, 0.3) is 0 Å². The maximum Gasteiger partial charge on any atom is 0.573 e. The van der Waals surface area contributed by atoms with Crippen LogP contribution >= 0.6 is 0 Å². The Bertz CT molecular complexity index is 1400. The number of hydrogen-bond donors (Lipinski definition) is 1. The first-order valence-corrected chi connectivity index (χ1v) is 13.4. The van der Waals surface area contributed by atoms with Gasteiger partial charge in [0.1, 0.15) is 17.6 Å². The molecule has 1 atom stereocenters. The van der Waals surface area contributed by atoms with E-state index in [0.717, 1.165) is 16.4 Å². The van der Waals surface area contributed by atoms with Gasteiger partial charge in [0.15, 0.2) is 0 Å². The molecule has 11 nitrogen and oxygen atoms in total. The van der Waals surface area contributed by atoms with E-state index in [9.17, 15) is 26.4 Å². The molecule has 0 radical (unpaired) electrons. The molecule has 2 heterocycles. The highest BCUT2D eigenvalue weighted by Gasteiger charge is 2.40. The molecular weight excluding hydrogens is 555 g/mol. The second-order valence-corrected chi connectivity index (χ2v) is 10.4. The zero-order chi connectivity index (χ0) is 28.9. The number of carbonyl (C=O) groups excluding carboxylic acids is 1. The molecule has 1 fully saturated rings. The van der Waals surface area contributed by atoms with Gasteiger partial charge in [-0.25, -0.2) is 8.42 Å². The highest BCUT2D eigenvalue weighted by atomic mass is 32.2. The van der Waals surface area contributed by atoms with Gasteiger partial charge in [-0.05, 0) is 29.8 Å². The monoisotopic (exact) mass is 581 g/mol. The van der Waals surface area contributed by atoms with Gasteiger partial charge < -0.3 is 24.4 Å². The number of benzene rings is 2. The van der Waals surface area contributed by atoms with E-state index >= 15 is 0 Å². The third kappa shape index (κ3) is 6.90. The van der Waals surface area contributed by atoms with Gasteiger partial charge in [-0.3, -0.25) is 4.79 Å². The lowest BCUT2D eigenvalue weighted by atomic mass is 10.1. The van der Waals surface area contributed by atoms with Gasteiger partial charge in [-0.2, -0.15) is 14.3 Å². The Morgan fingerprint density at radius 1 is 1.02 bits per heavy atom. The molecule has 0 aliphatic carbocycles. The summed E-state index contributed by atoms with van der Waals surface area (Å²) < 4.78 is 79.7. The number of aromatic nitrogens is 2. The van der Waals surface area contributed by atoms with Crippen molar-refractivity contribution in [1.82, 2.24) is 19.6 Å². The number of nitrogens with zero attached hydrogens (tertiary/aromatic N) is 4. The molecular formula is C25H26F3N5O6S. The van der Waals surface area contributed by atoms with E-state index in [1.165, 1.54) is 38.5 Å². The Morgan fingerprint density at radius 3 is 2.35 bits per heavy atom. The SMILES string of the molecule is COc1cc(N2CCN(S(=O)(=O)c3ccccc3)C(C(=O)NCc3ccc(OC(F)(F)F)cc3)C2)nc(OC)n1. The van der Waals surface area contributed by atoms with Crippen molar-refractivity contribution in [3.05, 3.63) is 66.2 Å². The van der Waals surface area contributed by atoms with Crippen molar-refractivity contribution in [2.75, 3.05) is 38.8 Å². The minimum Gasteiger partial charge on any atom is -0.481 e. The van der Waals surface area contributed by atoms with Crippen LogP contribution in [0.3, 0.4) is 0 Å². The number of methoxy groups -OCH3 is 2. The van der Waals surface area contributed by atoms with Crippen LogP contribution in [0, 0.1) is 0 Å². The maximum atomic E-state index is 13.5. The standard InChI is InChI=1S/C25H26F3N5O6S/c1-37-22-14-21(30-24(31-22)38-2)32-12-13-33(40(35,36)19-6-4-3-5-7-19)20(16-32)23(34)29-15-17-8-10-18(11-9-17)39-25(26,27)28/h3-11,14,20H,12-13,15-16H2,1-2H3,(H,29,34). The summed E-state index contributed by atoms with van der Waals surface area (Å²) in [5.41, 5.74) is 0.485. The van der Waals surface area contributed by atoms with Crippen LogP contribution < -0.4 is 24.4 Å². The predicted molar refractivity (Wildman–Crippen MR) is 136 cm³/mol. The smallest absolute Gasteiger partial charge is 0.481 e. The van der Waals surface area contributed by atoms with Gasteiger partial charge in [0.2, 0.25) is 21.8 Å². The predicted octanol–water partition coefficient (Wildman–Crippen LogP) is 2.59. The third-order valence-corrected chi connectivity index (χ3v) is 7.91. The summed E-state index contributed by atoms with van der Waals surface area (Å²) in [5, 5.41) is 2.69. The second-order valence-electron chi connectivity index (χ2n) is 8.56.